The normalized spacial score (nSPS) is 12.9. The van der Waals surface area contributed by atoms with Gasteiger partial charge < -0.3 is 19.7 Å². The number of carbonyl (C=O) groups excluding carboxylic acids is 3. The first-order valence-corrected chi connectivity index (χ1v) is 10.3. The quantitative estimate of drug-likeness (QED) is 0.661. The van der Waals surface area contributed by atoms with Crippen LogP contribution in [0.3, 0.4) is 0 Å². The summed E-state index contributed by atoms with van der Waals surface area (Å²) in [4.78, 5) is 38.8. The van der Waals surface area contributed by atoms with E-state index in [0.717, 1.165) is 24.1 Å². The summed E-state index contributed by atoms with van der Waals surface area (Å²) in [6, 6.07) is 6.95. The van der Waals surface area contributed by atoms with Crippen LogP contribution < -0.4 is 10.2 Å². The number of hydrogen-bond donors (Lipinski definition) is 1. The molecule has 1 aliphatic rings. The number of hydrogen-bond acceptors (Lipinski definition) is 7. The molecule has 0 aliphatic heterocycles. The average Bonchev–Trinajstić information content (AvgIpc) is 3.46. The molecule has 2 aromatic rings. The van der Waals surface area contributed by atoms with E-state index in [1.54, 1.807) is 25.1 Å². The predicted molar refractivity (Wildman–Crippen MR) is 112 cm³/mol. The van der Waals surface area contributed by atoms with Crippen LogP contribution in [0.2, 0.25) is 0 Å². The Labute approximate surface area is 173 Å². The van der Waals surface area contributed by atoms with E-state index >= 15 is 0 Å². The number of amides is 1. The minimum atomic E-state index is -0.584. The van der Waals surface area contributed by atoms with Gasteiger partial charge in [0.05, 0.1) is 17.7 Å². The Kier molecular flexibility index (Phi) is 6.53. The monoisotopic (exact) mass is 416 g/mol. The van der Waals surface area contributed by atoms with Crippen LogP contribution in [0.5, 0.6) is 0 Å². The largest absolute Gasteiger partial charge is 0.462 e. The zero-order chi connectivity index (χ0) is 21.0. The topological polar surface area (TPSA) is 84.9 Å². The molecule has 0 saturated heterocycles. The Morgan fingerprint density at radius 3 is 2.59 bits per heavy atom. The molecule has 7 nitrogen and oxygen atoms in total. The smallest absolute Gasteiger partial charge is 0.341 e. The van der Waals surface area contributed by atoms with Gasteiger partial charge in [-0.25, -0.2) is 9.59 Å². The molecule has 1 aliphatic carbocycles. The van der Waals surface area contributed by atoms with Gasteiger partial charge in [0.2, 0.25) is 0 Å². The number of nitrogens with one attached hydrogen (secondary N) is 1. The van der Waals surface area contributed by atoms with E-state index in [0.29, 0.717) is 22.0 Å². The lowest BCUT2D eigenvalue weighted by atomic mass is 10.1. The van der Waals surface area contributed by atoms with Gasteiger partial charge in [0.15, 0.2) is 6.61 Å². The highest BCUT2D eigenvalue weighted by Gasteiger charge is 2.32. The van der Waals surface area contributed by atoms with Gasteiger partial charge in [0, 0.05) is 19.8 Å². The molecule has 1 saturated carbocycles. The van der Waals surface area contributed by atoms with Crippen molar-refractivity contribution in [2.24, 2.45) is 0 Å². The molecule has 1 aromatic carbocycles. The van der Waals surface area contributed by atoms with Crippen molar-refractivity contribution in [2.75, 3.05) is 37.5 Å². The molecule has 1 aromatic heterocycles. The molecule has 1 amide bonds. The van der Waals surface area contributed by atoms with Gasteiger partial charge >= 0.3 is 11.9 Å². The molecule has 8 heteroatoms. The van der Waals surface area contributed by atoms with Gasteiger partial charge in [-0.2, -0.15) is 0 Å². The number of ether oxygens (including phenoxy) is 2. The Morgan fingerprint density at radius 2 is 1.93 bits per heavy atom. The van der Waals surface area contributed by atoms with Crippen LogP contribution in [0.1, 0.15) is 52.0 Å². The van der Waals surface area contributed by atoms with Crippen LogP contribution in [0.25, 0.3) is 0 Å². The summed E-state index contributed by atoms with van der Waals surface area (Å²) in [5.41, 5.74) is 2.55. The average molecular weight is 416 g/mol. The Hall–Kier alpha value is -2.87. The molecule has 1 N–H and O–H groups in total. The van der Waals surface area contributed by atoms with E-state index < -0.39 is 24.5 Å². The molecule has 3 rings (SSSR count). The van der Waals surface area contributed by atoms with Crippen molar-refractivity contribution in [3.63, 3.8) is 0 Å². The lowest BCUT2D eigenvalue weighted by Gasteiger charge is -2.13. The van der Waals surface area contributed by atoms with Crippen molar-refractivity contribution in [1.29, 1.82) is 0 Å². The number of esters is 2. The molecule has 0 spiro atoms. The fourth-order valence-corrected chi connectivity index (χ4v) is 3.91. The van der Waals surface area contributed by atoms with E-state index in [4.69, 9.17) is 9.47 Å². The molecule has 0 bridgehead atoms. The lowest BCUT2D eigenvalue weighted by Crippen LogP contribution is -2.22. The molecule has 0 radical (unpaired) electrons. The summed E-state index contributed by atoms with van der Waals surface area (Å²) < 4.78 is 10.3. The second kappa shape index (κ2) is 9.09. The first-order valence-electron chi connectivity index (χ1n) is 9.43. The predicted octanol–water partition coefficient (Wildman–Crippen LogP) is 3.66. The van der Waals surface area contributed by atoms with Crippen molar-refractivity contribution in [2.45, 2.75) is 25.7 Å². The third-order valence-corrected chi connectivity index (χ3v) is 5.42. The summed E-state index contributed by atoms with van der Waals surface area (Å²) in [7, 11) is 3.74. The fraction of sp³-hybridized carbons (Fsp3) is 0.381. The summed E-state index contributed by atoms with van der Waals surface area (Å²) >= 11 is 1.28. The first-order chi connectivity index (χ1) is 13.9. The fourth-order valence-electron chi connectivity index (χ4n) is 2.86. The summed E-state index contributed by atoms with van der Waals surface area (Å²) in [6.45, 7) is 1.56. The van der Waals surface area contributed by atoms with Gasteiger partial charge in [0.1, 0.15) is 5.00 Å². The maximum Gasteiger partial charge on any atom is 0.341 e. The minimum Gasteiger partial charge on any atom is -0.462 e. The molecule has 1 heterocycles. The van der Waals surface area contributed by atoms with Crippen LogP contribution >= 0.6 is 11.3 Å². The number of thiophene rings is 1. The summed E-state index contributed by atoms with van der Waals surface area (Å²) in [5.74, 6) is -1.18. The van der Waals surface area contributed by atoms with E-state index in [1.165, 1.54) is 11.3 Å². The number of carbonyl (C=O) groups is 3. The Morgan fingerprint density at radius 1 is 1.17 bits per heavy atom. The van der Waals surface area contributed by atoms with Crippen molar-refractivity contribution in [3.8, 4) is 0 Å². The zero-order valence-corrected chi connectivity index (χ0v) is 17.5. The van der Waals surface area contributed by atoms with Gasteiger partial charge in [-0.05, 0) is 54.8 Å². The van der Waals surface area contributed by atoms with Crippen LogP contribution in [-0.2, 0) is 14.3 Å². The van der Waals surface area contributed by atoms with Gasteiger partial charge in [-0.3, -0.25) is 4.79 Å². The van der Waals surface area contributed by atoms with Crippen molar-refractivity contribution >= 4 is 39.9 Å². The van der Waals surface area contributed by atoms with Crippen LogP contribution in [-0.4, -0.2) is 45.2 Å². The summed E-state index contributed by atoms with van der Waals surface area (Å²) in [6.07, 6.45) is 2.06. The Bertz CT molecular complexity index is 918. The SMILES string of the molecule is CCOC(=O)c1c(C2CC2)csc1NC(=O)COC(=O)c1cccc(N(C)C)c1. The standard InChI is InChI=1S/C21H24N2O5S/c1-4-27-21(26)18-16(13-8-9-13)12-29-19(18)22-17(24)11-28-20(25)14-6-5-7-15(10-14)23(2)3/h5-7,10,12-13H,4,8-9,11H2,1-3H3,(H,22,24). The van der Waals surface area contributed by atoms with Crippen molar-refractivity contribution in [3.05, 3.63) is 46.3 Å². The Balaban J connectivity index is 1.63. The lowest BCUT2D eigenvalue weighted by molar-refractivity contribution is -0.119. The third-order valence-electron chi connectivity index (χ3n) is 4.50. The number of nitrogens with zero attached hydrogens (tertiary/aromatic N) is 1. The van der Waals surface area contributed by atoms with Crippen LogP contribution in [0, 0.1) is 0 Å². The minimum absolute atomic E-state index is 0.260. The molecule has 154 valence electrons. The van der Waals surface area contributed by atoms with Crippen molar-refractivity contribution in [1.82, 2.24) is 0 Å². The van der Waals surface area contributed by atoms with E-state index in [2.05, 4.69) is 5.32 Å². The number of rotatable bonds is 8. The van der Waals surface area contributed by atoms with Crippen LogP contribution in [0.15, 0.2) is 29.6 Å². The number of benzene rings is 1. The highest BCUT2D eigenvalue weighted by Crippen LogP contribution is 2.46. The van der Waals surface area contributed by atoms with Gasteiger partial charge in [-0.15, -0.1) is 11.3 Å². The molecule has 1 fully saturated rings. The van der Waals surface area contributed by atoms with Crippen molar-refractivity contribution < 1.29 is 23.9 Å². The maximum absolute atomic E-state index is 12.3. The molecule has 0 unspecified atom stereocenters. The first kappa shape index (κ1) is 20.9. The second-order valence-corrected chi connectivity index (χ2v) is 7.84. The van der Waals surface area contributed by atoms with Gasteiger partial charge in [0.25, 0.3) is 5.91 Å². The molecule has 29 heavy (non-hydrogen) atoms. The van der Waals surface area contributed by atoms with Crippen LogP contribution in [0.4, 0.5) is 10.7 Å². The van der Waals surface area contributed by atoms with E-state index in [-0.39, 0.29) is 6.61 Å². The van der Waals surface area contributed by atoms with E-state index in [9.17, 15) is 14.4 Å². The molecule has 0 atom stereocenters. The second-order valence-electron chi connectivity index (χ2n) is 6.96. The van der Waals surface area contributed by atoms with E-state index in [1.807, 2.05) is 30.4 Å². The molecular weight excluding hydrogens is 392 g/mol. The van der Waals surface area contributed by atoms with Gasteiger partial charge in [-0.1, -0.05) is 6.07 Å². The third kappa shape index (κ3) is 5.14. The molecular formula is C21H24N2O5S. The highest BCUT2D eigenvalue weighted by molar-refractivity contribution is 7.15. The maximum atomic E-state index is 12.3. The summed E-state index contributed by atoms with van der Waals surface area (Å²) in [5, 5.41) is 5.00. The highest BCUT2D eigenvalue weighted by atomic mass is 32.1. The number of anilines is 2. The zero-order valence-electron chi connectivity index (χ0n) is 16.7.